The van der Waals surface area contributed by atoms with E-state index in [0.29, 0.717) is 0 Å². The third kappa shape index (κ3) is 2.32. The van der Waals surface area contributed by atoms with Crippen molar-refractivity contribution in [3.63, 3.8) is 0 Å². The van der Waals surface area contributed by atoms with Gasteiger partial charge in [0, 0.05) is 25.9 Å². The second-order valence-corrected chi connectivity index (χ2v) is 4.73. The summed E-state index contributed by atoms with van der Waals surface area (Å²) in [4.78, 5) is 22.2. The number of carboxylic acid groups (broad SMARTS) is 2. The van der Waals surface area contributed by atoms with Crippen LogP contribution < -0.4 is 0 Å². The Labute approximate surface area is 103 Å². The van der Waals surface area contributed by atoms with Gasteiger partial charge in [0.15, 0.2) is 0 Å². The van der Waals surface area contributed by atoms with E-state index >= 15 is 0 Å². The van der Waals surface area contributed by atoms with E-state index in [1.807, 2.05) is 0 Å². The molecule has 0 radical (unpaired) electrons. The van der Waals surface area contributed by atoms with Crippen molar-refractivity contribution >= 4 is 11.9 Å². The molecule has 0 aromatic heterocycles. The maximum atomic E-state index is 11.1. The smallest absolute Gasteiger partial charge is 0.322 e. The molecule has 8 heteroatoms. The molecule has 2 saturated heterocycles. The maximum Gasteiger partial charge on any atom is 0.322 e. The quantitative estimate of drug-likeness (QED) is 0.457. The highest BCUT2D eigenvalue weighted by Gasteiger charge is 2.46. The minimum absolute atomic E-state index is 0.0638. The van der Waals surface area contributed by atoms with Crippen molar-refractivity contribution in [1.29, 1.82) is 0 Å². The van der Waals surface area contributed by atoms with Crippen LogP contribution in [0.5, 0.6) is 0 Å². The largest absolute Gasteiger partial charge is 0.480 e. The molecular formula is C10H16N2O6. The Morgan fingerprint density at radius 1 is 0.833 bits per heavy atom. The zero-order valence-electron chi connectivity index (χ0n) is 9.64. The molecule has 102 valence electrons. The lowest BCUT2D eigenvalue weighted by molar-refractivity contribution is -0.160. The van der Waals surface area contributed by atoms with Crippen molar-refractivity contribution in [2.45, 2.75) is 37.1 Å². The average molecular weight is 260 g/mol. The van der Waals surface area contributed by atoms with Gasteiger partial charge in [0.05, 0.1) is 12.2 Å². The molecule has 2 aliphatic rings. The van der Waals surface area contributed by atoms with Gasteiger partial charge >= 0.3 is 11.9 Å². The third-order valence-corrected chi connectivity index (χ3v) is 3.41. The summed E-state index contributed by atoms with van der Waals surface area (Å²) in [6.45, 7) is 0.154. The van der Waals surface area contributed by atoms with Gasteiger partial charge in [0.25, 0.3) is 0 Å². The highest BCUT2D eigenvalue weighted by atomic mass is 16.4. The Hall–Kier alpha value is -1.22. The lowest BCUT2D eigenvalue weighted by atomic mass is 10.2. The van der Waals surface area contributed by atoms with Gasteiger partial charge in [-0.2, -0.15) is 0 Å². The molecule has 0 aromatic rings. The number of aliphatic hydroxyl groups is 2. The summed E-state index contributed by atoms with van der Waals surface area (Å²) in [6, 6.07) is -1.88. The molecule has 0 saturated carbocycles. The molecule has 4 atom stereocenters. The van der Waals surface area contributed by atoms with Crippen LogP contribution in [-0.4, -0.2) is 79.8 Å². The molecule has 0 aromatic carbocycles. The van der Waals surface area contributed by atoms with Crippen LogP contribution in [0.2, 0.25) is 0 Å². The third-order valence-electron chi connectivity index (χ3n) is 3.41. The Balaban J connectivity index is 2.18. The fourth-order valence-electron chi connectivity index (χ4n) is 2.62. The number of nitrogens with zero attached hydrogens (tertiary/aromatic N) is 2. The van der Waals surface area contributed by atoms with Crippen LogP contribution in [-0.2, 0) is 9.59 Å². The fraction of sp³-hybridized carbons (Fsp3) is 0.800. The second kappa shape index (κ2) is 4.81. The van der Waals surface area contributed by atoms with E-state index in [1.54, 1.807) is 0 Å². The molecule has 0 spiro atoms. The van der Waals surface area contributed by atoms with Gasteiger partial charge in [0.2, 0.25) is 0 Å². The summed E-state index contributed by atoms with van der Waals surface area (Å²) in [5.74, 6) is -2.20. The first-order valence-electron chi connectivity index (χ1n) is 5.75. The molecule has 18 heavy (non-hydrogen) atoms. The summed E-state index contributed by atoms with van der Waals surface area (Å²) in [5.41, 5.74) is 0. The number of hydrogen-bond donors (Lipinski definition) is 4. The predicted molar refractivity (Wildman–Crippen MR) is 57.5 cm³/mol. The zero-order chi connectivity index (χ0) is 13.4. The monoisotopic (exact) mass is 260 g/mol. The van der Waals surface area contributed by atoms with Crippen LogP contribution in [0.1, 0.15) is 12.8 Å². The van der Waals surface area contributed by atoms with Crippen molar-refractivity contribution in [2.75, 3.05) is 13.1 Å². The van der Waals surface area contributed by atoms with Crippen LogP contribution in [0.15, 0.2) is 0 Å². The van der Waals surface area contributed by atoms with Gasteiger partial charge in [-0.1, -0.05) is 0 Å². The Kier molecular flexibility index (Phi) is 3.53. The SMILES string of the molecule is O=C(O)[C@@H]1CC(O)CN1N1CC(O)C[C@H]1C(=O)O. The molecule has 8 nitrogen and oxygen atoms in total. The minimum atomic E-state index is -1.10. The number of β-amino-alcohol motifs (C(OH)–C–C–N with tert-alkyl or cyclic N) is 2. The van der Waals surface area contributed by atoms with Crippen molar-refractivity contribution in [3.05, 3.63) is 0 Å². The average Bonchev–Trinajstić information content (AvgIpc) is 2.81. The molecule has 2 rings (SSSR count). The Bertz CT molecular complexity index is 328. The summed E-state index contributed by atoms with van der Waals surface area (Å²) >= 11 is 0. The molecule has 0 amide bonds. The summed E-state index contributed by atoms with van der Waals surface area (Å²) < 4.78 is 0. The molecule has 2 unspecified atom stereocenters. The normalized spacial score (nSPS) is 38.1. The molecule has 2 fully saturated rings. The van der Waals surface area contributed by atoms with Gasteiger partial charge < -0.3 is 20.4 Å². The molecule has 0 aliphatic carbocycles. The Morgan fingerprint density at radius 3 is 1.44 bits per heavy atom. The van der Waals surface area contributed by atoms with Crippen LogP contribution >= 0.6 is 0 Å². The first-order valence-corrected chi connectivity index (χ1v) is 5.75. The maximum absolute atomic E-state index is 11.1. The predicted octanol–water partition coefficient (Wildman–Crippen LogP) is -2.06. The van der Waals surface area contributed by atoms with Crippen molar-refractivity contribution < 1.29 is 30.0 Å². The number of hydrazine groups is 1. The lowest BCUT2D eigenvalue weighted by Gasteiger charge is -2.33. The number of carbonyl (C=O) groups is 2. The summed E-state index contributed by atoms with van der Waals surface area (Å²) in [5, 5.41) is 39.9. The highest BCUT2D eigenvalue weighted by molar-refractivity contribution is 5.75. The molecular weight excluding hydrogens is 244 g/mol. The van der Waals surface area contributed by atoms with E-state index in [4.69, 9.17) is 10.2 Å². The van der Waals surface area contributed by atoms with Gasteiger partial charge in [0.1, 0.15) is 12.1 Å². The van der Waals surface area contributed by atoms with E-state index in [9.17, 15) is 19.8 Å². The van der Waals surface area contributed by atoms with E-state index in [2.05, 4.69) is 0 Å². The van der Waals surface area contributed by atoms with Gasteiger partial charge in [-0.3, -0.25) is 9.59 Å². The fourth-order valence-corrected chi connectivity index (χ4v) is 2.62. The lowest BCUT2D eigenvalue weighted by Crippen LogP contribution is -2.53. The van der Waals surface area contributed by atoms with Gasteiger partial charge in [-0.05, 0) is 0 Å². The number of hydrogen-bond acceptors (Lipinski definition) is 6. The topological polar surface area (TPSA) is 122 Å². The molecule has 0 bridgehead atoms. The van der Waals surface area contributed by atoms with Crippen molar-refractivity contribution in [1.82, 2.24) is 10.0 Å². The number of aliphatic carboxylic acids is 2. The van der Waals surface area contributed by atoms with E-state index < -0.39 is 36.2 Å². The molecule has 2 heterocycles. The van der Waals surface area contributed by atoms with Crippen LogP contribution in [0.25, 0.3) is 0 Å². The van der Waals surface area contributed by atoms with Crippen molar-refractivity contribution in [2.24, 2.45) is 0 Å². The van der Waals surface area contributed by atoms with Crippen LogP contribution in [0.3, 0.4) is 0 Å². The van der Waals surface area contributed by atoms with E-state index in [0.717, 1.165) is 0 Å². The van der Waals surface area contributed by atoms with Crippen LogP contribution in [0.4, 0.5) is 0 Å². The highest BCUT2D eigenvalue weighted by Crippen LogP contribution is 2.27. The van der Waals surface area contributed by atoms with Gasteiger partial charge in [-0.25, -0.2) is 10.0 Å². The number of carboxylic acids is 2. The summed E-state index contributed by atoms with van der Waals surface area (Å²) in [7, 11) is 0. The van der Waals surface area contributed by atoms with E-state index in [-0.39, 0.29) is 25.9 Å². The minimum Gasteiger partial charge on any atom is -0.480 e. The Morgan fingerprint density at radius 2 is 1.17 bits per heavy atom. The molecule has 4 N–H and O–H groups in total. The summed E-state index contributed by atoms with van der Waals surface area (Å²) in [6.07, 6.45) is -1.46. The first kappa shape index (κ1) is 13.2. The number of rotatable bonds is 3. The second-order valence-electron chi connectivity index (χ2n) is 4.73. The van der Waals surface area contributed by atoms with E-state index in [1.165, 1.54) is 10.0 Å². The standard InChI is InChI=1S/C10H16N2O6/c13-5-1-7(9(15)16)11(3-5)12-4-6(14)2-8(12)10(17)18/h5-8,13-14H,1-4H2,(H,15,16)(H,17,18)/t5?,6?,7-,8-/m0/s1. The van der Waals surface area contributed by atoms with Gasteiger partial charge in [-0.15, -0.1) is 0 Å². The van der Waals surface area contributed by atoms with Crippen molar-refractivity contribution in [3.8, 4) is 0 Å². The first-order chi connectivity index (χ1) is 8.40. The van der Waals surface area contributed by atoms with Crippen LogP contribution in [0, 0.1) is 0 Å². The zero-order valence-corrected chi connectivity index (χ0v) is 9.64. The molecule has 2 aliphatic heterocycles. The number of aliphatic hydroxyl groups excluding tert-OH is 2.